The molecular weight excluding hydrogens is 488 g/mol. The number of fused-ring (bicyclic) bond motifs is 2. The number of likely N-dealkylation sites (N-methyl/N-ethyl adjacent to an activating group) is 1. The van der Waals surface area contributed by atoms with E-state index in [1.165, 1.54) is 6.92 Å². The van der Waals surface area contributed by atoms with Crippen LogP contribution in [0.5, 0.6) is 0 Å². The summed E-state index contributed by atoms with van der Waals surface area (Å²) < 4.78 is 2.22. The maximum absolute atomic E-state index is 13.2. The van der Waals surface area contributed by atoms with Crippen molar-refractivity contribution in [2.24, 2.45) is 5.92 Å². The number of nitrogens with zero attached hydrogens (tertiary/aromatic N) is 3. The summed E-state index contributed by atoms with van der Waals surface area (Å²) in [6, 6.07) is 5.03. The predicted molar refractivity (Wildman–Crippen MR) is 130 cm³/mol. The van der Waals surface area contributed by atoms with Crippen LogP contribution in [0.3, 0.4) is 0 Å². The van der Waals surface area contributed by atoms with Crippen molar-refractivity contribution >= 4 is 50.3 Å². The van der Waals surface area contributed by atoms with Crippen LogP contribution in [0.4, 0.5) is 4.79 Å². The Balaban J connectivity index is 1.84. The number of aromatic nitrogens is 1. The fourth-order valence-electron chi connectivity index (χ4n) is 5.17. The molecule has 0 unspecified atom stereocenters. The third-order valence-corrected chi connectivity index (χ3v) is 7.65. The number of carbonyl (C=O) groups is 3. The van der Waals surface area contributed by atoms with Gasteiger partial charge in [0.1, 0.15) is 6.04 Å². The number of rotatable bonds is 5. The molecule has 2 aromatic rings. The van der Waals surface area contributed by atoms with Crippen molar-refractivity contribution in [3.8, 4) is 0 Å². The highest BCUT2D eigenvalue weighted by Crippen LogP contribution is 2.45. The largest absolute Gasteiger partial charge is 0.465 e. The van der Waals surface area contributed by atoms with Gasteiger partial charge in [-0.15, -0.1) is 0 Å². The highest BCUT2D eigenvalue weighted by Gasteiger charge is 2.38. The van der Waals surface area contributed by atoms with Gasteiger partial charge in [-0.3, -0.25) is 19.1 Å². The Labute approximate surface area is 201 Å². The summed E-state index contributed by atoms with van der Waals surface area (Å²) in [5.74, 6) is -0.428. The van der Waals surface area contributed by atoms with Gasteiger partial charge >= 0.3 is 6.09 Å². The van der Waals surface area contributed by atoms with Gasteiger partial charge in [0.2, 0.25) is 5.91 Å². The molecule has 4 rings (SSSR count). The van der Waals surface area contributed by atoms with Crippen LogP contribution in [0.1, 0.15) is 36.7 Å². The lowest BCUT2D eigenvalue weighted by atomic mass is 9.79. The SMILES string of the molecule is CCN(CC)C(=O)[C@@H]1C=C2c3cccc4c3c(c(Br)n4C(=O)[C@H](C)NC(=O)O)C[C@H]2N(C)C1. The number of carboxylic acid groups (broad SMARTS) is 1. The van der Waals surface area contributed by atoms with Crippen LogP contribution in [0, 0.1) is 5.92 Å². The average Bonchev–Trinajstić information content (AvgIpc) is 3.06. The van der Waals surface area contributed by atoms with Gasteiger partial charge in [0, 0.05) is 31.1 Å². The quantitative estimate of drug-likeness (QED) is 0.634. The third kappa shape index (κ3) is 3.87. The maximum atomic E-state index is 13.2. The van der Waals surface area contributed by atoms with E-state index in [2.05, 4.69) is 32.2 Å². The zero-order chi connectivity index (χ0) is 24.0. The van der Waals surface area contributed by atoms with Crippen LogP contribution >= 0.6 is 15.9 Å². The second-order valence-corrected chi connectivity index (χ2v) is 9.46. The van der Waals surface area contributed by atoms with Crippen molar-refractivity contribution in [3.63, 3.8) is 0 Å². The Morgan fingerprint density at radius 3 is 2.61 bits per heavy atom. The first-order valence-corrected chi connectivity index (χ1v) is 12.0. The van der Waals surface area contributed by atoms with E-state index in [0.29, 0.717) is 30.7 Å². The van der Waals surface area contributed by atoms with Crippen molar-refractivity contribution in [1.29, 1.82) is 0 Å². The molecule has 1 aromatic heterocycles. The molecule has 9 heteroatoms. The molecule has 1 aliphatic carbocycles. The van der Waals surface area contributed by atoms with Gasteiger partial charge in [-0.1, -0.05) is 18.2 Å². The molecule has 0 saturated heterocycles. The van der Waals surface area contributed by atoms with Crippen LogP contribution in [-0.4, -0.2) is 76.1 Å². The number of hydrogen-bond acceptors (Lipinski definition) is 4. The molecule has 1 aromatic carbocycles. The molecule has 176 valence electrons. The minimum atomic E-state index is -1.24. The molecule has 0 bridgehead atoms. The molecule has 2 heterocycles. The summed E-state index contributed by atoms with van der Waals surface area (Å²) in [6.07, 6.45) is 1.57. The van der Waals surface area contributed by atoms with E-state index in [1.807, 2.05) is 44.0 Å². The summed E-state index contributed by atoms with van der Waals surface area (Å²) in [5.41, 5.74) is 3.89. The van der Waals surface area contributed by atoms with E-state index in [9.17, 15) is 14.4 Å². The summed E-state index contributed by atoms with van der Waals surface area (Å²) in [5, 5.41) is 12.3. The summed E-state index contributed by atoms with van der Waals surface area (Å²) >= 11 is 3.64. The predicted octanol–water partition coefficient (Wildman–Crippen LogP) is 3.44. The zero-order valence-electron chi connectivity index (χ0n) is 19.3. The normalized spacial score (nSPS) is 20.7. The lowest BCUT2D eigenvalue weighted by molar-refractivity contribution is -0.134. The first-order chi connectivity index (χ1) is 15.7. The molecule has 0 saturated carbocycles. The smallest absolute Gasteiger partial charge is 0.405 e. The van der Waals surface area contributed by atoms with E-state index >= 15 is 0 Å². The maximum Gasteiger partial charge on any atom is 0.405 e. The number of nitrogens with one attached hydrogen (secondary N) is 1. The third-order valence-electron chi connectivity index (χ3n) is 6.82. The molecule has 2 amide bonds. The molecule has 2 aliphatic rings. The zero-order valence-corrected chi connectivity index (χ0v) is 20.8. The molecule has 2 N–H and O–H groups in total. The van der Waals surface area contributed by atoms with Gasteiger partial charge in [-0.2, -0.15) is 0 Å². The number of halogens is 1. The van der Waals surface area contributed by atoms with Gasteiger partial charge in [0.25, 0.3) is 5.91 Å². The van der Waals surface area contributed by atoms with Gasteiger partial charge in [-0.05, 0) is 72.9 Å². The first kappa shape index (κ1) is 23.5. The van der Waals surface area contributed by atoms with Gasteiger partial charge in [0.15, 0.2) is 0 Å². The number of benzene rings is 1. The van der Waals surface area contributed by atoms with Crippen molar-refractivity contribution in [2.45, 2.75) is 39.3 Å². The Kier molecular flexibility index (Phi) is 6.37. The first-order valence-electron chi connectivity index (χ1n) is 11.3. The van der Waals surface area contributed by atoms with Gasteiger partial charge in [-0.25, -0.2) is 4.79 Å². The monoisotopic (exact) mass is 516 g/mol. The van der Waals surface area contributed by atoms with E-state index < -0.39 is 12.1 Å². The molecule has 0 fully saturated rings. The molecule has 0 radical (unpaired) electrons. The number of hydrogen-bond donors (Lipinski definition) is 2. The van der Waals surface area contributed by atoms with E-state index in [0.717, 1.165) is 27.6 Å². The fraction of sp³-hybridized carbons (Fsp3) is 0.458. The highest BCUT2D eigenvalue weighted by molar-refractivity contribution is 9.10. The van der Waals surface area contributed by atoms with E-state index in [-0.39, 0.29) is 23.8 Å². The minimum absolute atomic E-state index is 0.0978. The lowest BCUT2D eigenvalue weighted by Crippen LogP contribution is -2.47. The lowest BCUT2D eigenvalue weighted by Gasteiger charge is -2.40. The molecule has 0 spiro atoms. The Bertz CT molecular complexity index is 1170. The van der Waals surface area contributed by atoms with Gasteiger partial charge in [0.05, 0.1) is 16.0 Å². The average molecular weight is 517 g/mol. The summed E-state index contributed by atoms with van der Waals surface area (Å²) in [7, 11) is 2.04. The summed E-state index contributed by atoms with van der Waals surface area (Å²) in [4.78, 5) is 41.5. The standard InChI is InChI=1S/C24H29BrN4O4/c1-5-28(6-2)23(31)14-10-16-15-8-7-9-18-20(15)17(11-19(16)27(4)12-14)21(25)29(18)22(30)13(3)26-24(32)33/h7-10,13-14,19,26H,5-6,11-12H2,1-4H3,(H,32,33)/t13-,14+,19+/m0/s1. The fourth-order valence-corrected chi connectivity index (χ4v) is 5.90. The molecular formula is C24H29BrN4O4. The van der Waals surface area contributed by atoms with E-state index in [1.54, 1.807) is 4.57 Å². The van der Waals surface area contributed by atoms with Crippen LogP contribution in [0.2, 0.25) is 0 Å². The van der Waals surface area contributed by atoms with Crippen LogP contribution in [-0.2, 0) is 11.2 Å². The van der Waals surface area contributed by atoms with Crippen molar-refractivity contribution in [2.75, 3.05) is 26.7 Å². The van der Waals surface area contributed by atoms with Crippen molar-refractivity contribution < 1.29 is 19.5 Å². The Morgan fingerprint density at radius 2 is 1.97 bits per heavy atom. The highest BCUT2D eigenvalue weighted by atomic mass is 79.9. The number of carbonyl (C=O) groups excluding carboxylic acids is 2. The second-order valence-electron chi connectivity index (χ2n) is 8.71. The molecule has 1 aliphatic heterocycles. The summed E-state index contributed by atoms with van der Waals surface area (Å²) in [6.45, 7) is 7.54. The second kappa shape index (κ2) is 8.95. The molecule has 3 atom stereocenters. The number of amides is 2. The minimum Gasteiger partial charge on any atom is -0.465 e. The van der Waals surface area contributed by atoms with Crippen molar-refractivity contribution in [3.05, 3.63) is 40.0 Å². The topological polar surface area (TPSA) is 94.9 Å². The van der Waals surface area contributed by atoms with Crippen LogP contribution < -0.4 is 5.32 Å². The Hall–Kier alpha value is -2.65. The Morgan fingerprint density at radius 1 is 1.27 bits per heavy atom. The van der Waals surface area contributed by atoms with E-state index in [4.69, 9.17) is 5.11 Å². The van der Waals surface area contributed by atoms with Crippen LogP contribution in [0.15, 0.2) is 28.9 Å². The molecule has 33 heavy (non-hydrogen) atoms. The van der Waals surface area contributed by atoms with Crippen molar-refractivity contribution in [1.82, 2.24) is 19.7 Å². The molecule has 8 nitrogen and oxygen atoms in total. The van der Waals surface area contributed by atoms with Gasteiger partial charge < -0.3 is 15.3 Å². The van der Waals surface area contributed by atoms with Crippen LogP contribution in [0.25, 0.3) is 16.5 Å².